The molecule has 0 atom stereocenters. The van der Waals surface area contributed by atoms with E-state index in [0.717, 1.165) is 12.1 Å². The van der Waals surface area contributed by atoms with Crippen LogP contribution in [0.2, 0.25) is 0 Å². The molecule has 4 aromatic rings. The van der Waals surface area contributed by atoms with Crippen molar-refractivity contribution < 1.29 is 18.0 Å². The number of benzene rings is 2. The predicted molar refractivity (Wildman–Crippen MR) is 101 cm³/mol. The summed E-state index contributed by atoms with van der Waals surface area (Å²) in [5.41, 5.74) is 0.465. The van der Waals surface area contributed by atoms with E-state index in [9.17, 15) is 13.6 Å². The molecule has 9 heteroatoms. The molecular formula is C20H13F2N5O2. The van der Waals surface area contributed by atoms with Gasteiger partial charge in [0.2, 0.25) is 0 Å². The van der Waals surface area contributed by atoms with Crippen LogP contribution in [0.15, 0.2) is 71.3 Å². The van der Waals surface area contributed by atoms with Gasteiger partial charge in [0.05, 0.1) is 12.0 Å². The van der Waals surface area contributed by atoms with E-state index < -0.39 is 17.5 Å². The lowest BCUT2D eigenvalue weighted by molar-refractivity contribution is -0.111. The van der Waals surface area contributed by atoms with Gasteiger partial charge in [0.1, 0.15) is 23.1 Å². The second-order valence-corrected chi connectivity index (χ2v) is 5.90. The Hall–Kier alpha value is -4.14. The molecule has 0 spiro atoms. The Balaban J connectivity index is 1.76. The van der Waals surface area contributed by atoms with Crippen LogP contribution in [0.3, 0.4) is 0 Å². The number of amides is 1. The molecule has 4 rings (SSSR count). The van der Waals surface area contributed by atoms with E-state index in [-0.39, 0.29) is 11.4 Å². The van der Waals surface area contributed by atoms with E-state index in [0.29, 0.717) is 23.2 Å². The zero-order chi connectivity index (χ0) is 20.2. The first kappa shape index (κ1) is 18.2. The van der Waals surface area contributed by atoms with Gasteiger partial charge in [-0.3, -0.25) is 4.79 Å². The van der Waals surface area contributed by atoms with Crippen LogP contribution in [-0.2, 0) is 4.79 Å². The maximum atomic E-state index is 14.0. The number of carbonyl (C=O) groups excluding carboxylic acids is 1. The summed E-state index contributed by atoms with van der Waals surface area (Å²) in [5.74, 6) is -1.70. The Bertz CT molecular complexity index is 1170. The van der Waals surface area contributed by atoms with Gasteiger partial charge in [0, 0.05) is 17.7 Å². The molecule has 1 amide bonds. The molecule has 7 nitrogen and oxygen atoms in total. The van der Waals surface area contributed by atoms with E-state index in [1.54, 1.807) is 36.4 Å². The van der Waals surface area contributed by atoms with E-state index in [4.69, 9.17) is 4.42 Å². The molecule has 0 fully saturated rings. The summed E-state index contributed by atoms with van der Waals surface area (Å²) in [6.45, 7) is 0. The first-order valence-electron chi connectivity index (χ1n) is 8.47. The maximum Gasteiger partial charge on any atom is 0.274 e. The number of hydrogen-bond acceptors (Lipinski definition) is 5. The molecule has 29 heavy (non-hydrogen) atoms. The number of aromatic nitrogens is 4. The Morgan fingerprint density at radius 2 is 1.90 bits per heavy atom. The van der Waals surface area contributed by atoms with E-state index in [2.05, 4.69) is 20.8 Å². The first-order valence-corrected chi connectivity index (χ1v) is 8.47. The van der Waals surface area contributed by atoms with Crippen molar-refractivity contribution in [2.45, 2.75) is 0 Å². The fourth-order valence-electron chi connectivity index (χ4n) is 2.62. The van der Waals surface area contributed by atoms with Crippen molar-refractivity contribution in [2.75, 3.05) is 5.32 Å². The largest absolute Gasteiger partial charge is 0.465 e. The van der Waals surface area contributed by atoms with Crippen LogP contribution in [-0.4, -0.2) is 26.1 Å². The van der Waals surface area contributed by atoms with Crippen LogP contribution in [0.5, 0.6) is 0 Å². The summed E-state index contributed by atoms with van der Waals surface area (Å²) < 4.78 is 33.7. The lowest BCUT2D eigenvalue weighted by Gasteiger charge is -2.11. The SMILES string of the molecule is O=C(Nc1ccc(F)cc1F)C(=Cc1ccco1)n1nnnc1-c1ccccc1. The van der Waals surface area contributed by atoms with Crippen LogP contribution in [0, 0.1) is 11.6 Å². The third-order valence-electron chi connectivity index (χ3n) is 3.96. The van der Waals surface area contributed by atoms with Crippen molar-refractivity contribution in [1.29, 1.82) is 0 Å². The maximum absolute atomic E-state index is 14.0. The minimum atomic E-state index is -0.907. The molecule has 0 aliphatic rings. The van der Waals surface area contributed by atoms with Crippen LogP contribution in [0.4, 0.5) is 14.5 Å². The summed E-state index contributed by atoms with van der Waals surface area (Å²) in [7, 11) is 0. The van der Waals surface area contributed by atoms with E-state index in [1.165, 1.54) is 17.0 Å². The standard InChI is InChI=1S/C20H13F2N5O2/c21-14-8-9-17(16(22)11-14)23-20(28)18(12-15-7-4-10-29-15)27-19(24-25-26-27)13-5-2-1-3-6-13/h1-12H,(H,23,28). The monoisotopic (exact) mass is 393 g/mol. The molecule has 0 unspecified atom stereocenters. The van der Waals surface area contributed by atoms with Gasteiger partial charge >= 0.3 is 0 Å². The Morgan fingerprint density at radius 1 is 1.07 bits per heavy atom. The third kappa shape index (κ3) is 3.93. The number of furan rings is 1. The highest BCUT2D eigenvalue weighted by molar-refractivity contribution is 6.24. The normalized spacial score (nSPS) is 11.4. The Kier molecular flexibility index (Phi) is 4.93. The quantitative estimate of drug-likeness (QED) is 0.521. The van der Waals surface area contributed by atoms with Gasteiger partial charge < -0.3 is 9.73 Å². The number of tetrazole rings is 1. The zero-order valence-electron chi connectivity index (χ0n) is 14.8. The molecule has 2 aromatic carbocycles. The van der Waals surface area contributed by atoms with E-state index in [1.807, 2.05) is 6.07 Å². The summed E-state index contributed by atoms with van der Waals surface area (Å²) in [5, 5.41) is 14.0. The summed E-state index contributed by atoms with van der Waals surface area (Å²) in [6, 6.07) is 15.1. The van der Waals surface area contributed by atoms with Crippen molar-refractivity contribution in [3.05, 3.63) is 84.3 Å². The highest BCUT2D eigenvalue weighted by atomic mass is 19.1. The summed E-state index contributed by atoms with van der Waals surface area (Å²) in [6.07, 6.45) is 2.86. The topological polar surface area (TPSA) is 85.8 Å². The number of nitrogens with zero attached hydrogens (tertiary/aromatic N) is 4. The fraction of sp³-hybridized carbons (Fsp3) is 0. The van der Waals surface area contributed by atoms with Crippen molar-refractivity contribution in [2.24, 2.45) is 0 Å². The Morgan fingerprint density at radius 3 is 2.62 bits per heavy atom. The second-order valence-electron chi connectivity index (χ2n) is 5.90. The minimum absolute atomic E-state index is 0.0208. The van der Waals surface area contributed by atoms with Crippen LogP contribution in [0.1, 0.15) is 5.76 Å². The minimum Gasteiger partial charge on any atom is -0.465 e. The van der Waals surface area contributed by atoms with Crippen LogP contribution >= 0.6 is 0 Å². The molecule has 0 saturated carbocycles. The first-order chi connectivity index (χ1) is 14.1. The van der Waals surface area contributed by atoms with Crippen molar-refractivity contribution in [1.82, 2.24) is 20.2 Å². The molecule has 144 valence electrons. The number of carbonyl (C=O) groups is 1. The van der Waals surface area contributed by atoms with Gasteiger partial charge in [-0.15, -0.1) is 5.10 Å². The molecule has 0 saturated heterocycles. The zero-order valence-corrected chi connectivity index (χ0v) is 14.8. The highest BCUT2D eigenvalue weighted by Gasteiger charge is 2.21. The lowest BCUT2D eigenvalue weighted by atomic mass is 10.2. The van der Waals surface area contributed by atoms with Gasteiger partial charge in [-0.05, 0) is 34.7 Å². The van der Waals surface area contributed by atoms with Gasteiger partial charge in [-0.2, -0.15) is 4.68 Å². The fourth-order valence-corrected chi connectivity index (χ4v) is 2.62. The van der Waals surface area contributed by atoms with Gasteiger partial charge in [0.25, 0.3) is 5.91 Å². The smallest absolute Gasteiger partial charge is 0.274 e. The Labute approximate surface area is 163 Å². The summed E-state index contributed by atoms with van der Waals surface area (Å²) >= 11 is 0. The molecule has 2 aromatic heterocycles. The molecule has 1 N–H and O–H groups in total. The number of anilines is 1. The molecule has 0 radical (unpaired) electrons. The van der Waals surface area contributed by atoms with Crippen LogP contribution < -0.4 is 5.32 Å². The highest BCUT2D eigenvalue weighted by Crippen LogP contribution is 2.22. The van der Waals surface area contributed by atoms with Gasteiger partial charge in [-0.25, -0.2) is 8.78 Å². The number of hydrogen-bond donors (Lipinski definition) is 1. The van der Waals surface area contributed by atoms with Gasteiger partial charge in [0.15, 0.2) is 5.82 Å². The van der Waals surface area contributed by atoms with E-state index >= 15 is 0 Å². The van der Waals surface area contributed by atoms with Gasteiger partial charge in [-0.1, -0.05) is 30.3 Å². The molecule has 2 heterocycles. The molecular weight excluding hydrogens is 380 g/mol. The lowest BCUT2D eigenvalue weighted by Crippen LogP contribution is -2.20. The molecule has 0 bridgehead atoms. The number of rotatable bonds is 5. The predicted octanol–water partition coefficient (Wildman–Crippen LogP) is 3.85. The number of nitrogens with one attached hydrogen (secondary N) is 1. The average Bonchev–Trinajstić information content (AvgIpc) is 3.40. The van der Waals surface area contributed by atoms with Crippen molar-refractivity contribution in [3.8, 4) is 11.4 Å². The second kappa shape index (κ2) is 7.85. The third-order valence-corrected chi connectivity index (χ3v) is 3.96. The van der Waals surface area contributed by atoms with Crippen LogP contribution in [0.25, 0.3) is 23.2 Å². The summed E-state index contributed by atoms with van der Waals surface area (Å²) in [4.78, 5) is 13.0. The van der Waals surface area contributed by atoms with Crippen molar-refractivity contribution >= 4 is 23.4 Å². The number of halogens is 2. The van der Waals surface area contributed by atoms with Crippen molar-refractivity contribution in [3.63, 3.8) is 0 Å². The average molecular weight is 393 g/mol. The molecule has 0 aliphatic heterocycles. The molecule has 0 aliphatic carbocycles.